The first-order chi connectivity index (χ1) is 6.15. The van der Waals surface area contributed by atoms with Crippen LogP contribution in [0.15, 0.2) is 12.3 Å². The van der Waals surface area contributed by atoms with Crippen LogP contribution in [0.2, 0.25) is 0 Å². The highest BCUT2D eigenvalue weighted by molar-refractivity contribution is 7.71. The third-order valence-corrected chi connectivity index (χ3v) is 2.40. The van der Waals surface area contributed by atoms with Gasteiger partial charge in [-0.3, -0.25) is 0 Å². The fourth-order valence-electron chi connectivity index (χ4n) is 1.26. The van der Waals surface area contributed by atoms with E-state index in [1.807, 2.05) is 17.7 Å². The van der Waals surface area contributed by atoms with Gasteiger partial charge < -0.3 is 9.67 Å². The van der Waals surface area contributed by atoms with Crippen molar-refractivity contribution in [1.82, 2.24) is 4.57 Å². The summed E-state index contributed by atoms with van der Waals surface area (Å²) in [4.78, 5) is 0. The lowest BCUT2D eigenvalue weighted by atomic mass is 10.3. The number of unbranched alkanes of at least 4 members (excludes halogenated alkanes) is 1. The number of hydrogen-bond donors (Lipinski definition) is 1. The Morgan fingerprint density at radius 2 is 2.23 bits per heavy atom. The minimum Gasteiger partial charge on any atom is -0.505 e. The van der Waals surface area contributed by atoms with E-state index < -0.39 is 0 Å². The molecule has 0 fully saturated rings. The Bertz CT molecular complexity index is 343. The van der Waals surface area contributed by atoms with Gasteiger partial charge in [-0.25, -0.2) is 0 Å². The van der Waals surface area contributed by atoms with Crippen LogP contribution in [-0.4, -0.2) is 9.67 Å². The SMILES string of the molecule is CCCCn1cc(C)cc(O)c1=S. The Hall–Kier alpha value is -0.830. The fraction of sp³-hybridized carbons (Fsp3) is 0.500. The first-order valence-electron chi connectivity index (χ1n) is 4.55. The highest BCUT2D eigenvalue weighted by Crippen LogP contribution is 2.14. The summed E-state index contributed by atoms with van der Waals surface area (Å²) in [6.45, 7) is 4.99. The quantitative estimate of drug-likeness (QED) is 0.753. The second-order valence-corrected chi connectivity index (χ2v) is 3.64. The molecule has 1 N–H and O–H groups in total. The Kier molecular flexibility index (Phi) is 3.48. The number of aromatic nitrogens is 1. The number of aryl methyl sites for hydroxylation is 2. The molecule has 0 spiro atoms. The van der Waals surface area contributed by atoms with Crippen LogP contribution in [0.4, 0.5) is 0 Å². The van der Waals surface area contributed by atoms with Crippen molar-refractivity contribution in [1.29, 1.82) is 0 Å². The minimum absolute atomic E-state index is 0.214. The van der Waals surface area contributed by atoms with E-state index in [4.69, 9.17) is 12.2 Å². The summed E-state index contributed by atoms with van der Waals surface area (Å²) >= 11 is 5.08. The van der Waals surface area contributed by atoms with Crippen molar-refractivity contribution in [2.45, 2.75) is 33.2 Å². The molecule has 0 bridgehead atoms. The monoisotopic (exact) mass is 197 g/mol. The molecule has 0 aliphatic heterocycles. The van der Waals surface area contributed by atoms with E-state index in [0.717, 1.165) is 24.9 Å². The van der Waals surface area contributed by atoms with Crippen LogP contribution in [0, 0.1) is 11.6 Å². The van der Waals surface area contributed by atoms with E-state index >= 15 is 0 Å². The molecular weight excluding hydrogens is 182 g/mol. The van der Waals surface area contributed by atoms with Crippen molar-refractivity contribution in [3.05, 3.63) is 22.5 Å². The topological polar surface area (TPSA) is 25.2 Å². The van der Waals surface area contributed by atoms with Crippen molar-refractivity contribution in [3.8, 4) is 5.75 Å². The largest absolute Gasteiger partial charge is 0.505 e. The standard InChI is InChI=1S/C10H15NOS/c1-3-4-5-11-7-8(2)6-9(12)10(11)13/h6-7,12H,3-5H2,1-2H3. The fourth-order valence-corrected chi connectivity index (χ4v) is 1.46. The minimum atomic E-state index is 0.214. The van der Waals surface area contributed by atoms with Gasteiger partial charge in [0, 0.05) is 12.7 Å². The van der Waals surface area contributed by atoms with Crippen LogP contribution >= 0.6 is 12.2 Å². The lowest BCUT2D eigenvalue weighted by molar-refractivity contribution is 0.459. The van der Waals surface area contributed by atoms with E-state index in [0.29, 0.717) is 4.64 Å². The molecule has 0 aliphatic rings. The summed E-state index contributed by atoms with van der Waals surface area (Å²) in [5.74, 6) is 0.214. The Morgan fingerprint density at radius 3 is 2.85 bits per heavy atom. The predicted octanol–water partition coefficient (Wildman–Crippen LogP) is 3.03. The van der Waals surface area contributed by atoms with Crippen molar-refractivity contribution in [2.75, 3.05) is 0 Å². The predicted molar refractivity (Wildman–Crippen MR) is 56.6 cm³/mol. The number of aromatic hydroxyl groups is 1. The first-order valence-corrected chi connectivity index (χ1v) is 4.96. The van der Waals surface area contributed by atoms with Gasteiger partial charge in [-0.2, -0.15) is 0 Å². The van der Waals surface area contributed by atoms with Gasteiger partial charge in [0.1, 0.15) is 4.64 Å². The summed E-state index contributed by atoms with van der Waals surface area (Å²) < 4.78 is 2.47. The lowest BCUT2D eigenvalue weighted by Crippen LogP contribution is -2.00. The number of rotatable bonds is 3. The second-order valence-electron chi connectivity index (χ2n) is 3.25. The molecule has 3 heteroatoms. The molecule has 0 saturated carbocycles. The number of hydrogen-bond acceptors (Lipinski definition) is 2. The van der Waals surface area contributed by atoms with Gasteiger partial charge in [0.05, 0.1) is 0 Å². The van der Waals surface area contributed by atoms with Gasteiger partial charge in [-0.15, -0.1) is 0 Å². The smallest absolute Gasteiger partial charge is 0.150 e. The van der Waals surface area contributed by atoms with Gasteiger partial charge in [0.2, 0.25) is 0 Å². The van der Waals surface area contributed by atoms with Crippen LogP contribution in [0.25, 0.3) is 0 Å². The molecule has 0 aliphatic carbocycles. The van der Waals surface area contributed by atoms with E-state index in [1.165, 1.54) is 0 Å². The average molecular weight is 197 g/mol. The van der Waals surface area contributed by atoms with Crippen LogP contribution in [0.1, 0.15) is 25.3 Å². The highest BCUT2D eigenvalue weighted by atomic mass is 32.1. The van der Waals surface area contributed by atoms with Gasteiger partial charge >= 0.3 is 0 Å². The van der Waals surface area contributed by atoms with Crippen LogP contribution in [0.5, 0.6) is 5.75 Å². The van der Waals surface area contributed by atoms with Gasteiger partial charge in [-0.1, -0.05) is 25.6 Å². The van der Waals surface area contributed by atoms with E-state index in [2.05, 4.69) is 6.92 Å². The Balaban J connectivity index is 2.99. The molecule has 1 rings (SSSR count). The molecule has 72 valence electrons. The molecule has 1 aromatic heterocycles. The lowest BCUT2D eigenvalue weighted by Gasteiger charge is -2.08. The molecule has 0 saturated heterocycles. The van der Waals surface area contributed by atoms with Crippen LogP contribution < -0.4 is 0 Å². The van der Waals surface area contributed by atoms with Gasteiger partial charge in [0.15, 0.2) is 5.75 Å². The molecular formula is C10H15NOS. The zero-order valence-corrected chi connectivity index (χ0v) is 8.90. The highest BCUT2D eigenvalue weighted by Gasteiger charge is 1.98. The van der Waals surface area contributed by atoms with Crippen molar-refractivity contribution >= 4 is 12.2 Å². The maximum atomic E-state index is 9.46. The third-order valence-electron chi connectivity index (χ3n) is 1.96. The molecule has 0 unspecified atom stereocenters. The second kappa shape index (κ2) is 4.42. The van der Waals surface area contributed by atoms with Crippen LogP contribution in [-0.2, 0) is 6.54 Å². The summed E-state index contributed by atoms with van der Waals surface area (Å²) in [6, 6.07) is 1.70. The molecule has 13 heavy (non-hydrogen) atoms. The van der Waals surface area contributed by atoms with Gasteiger partial charge in [-0.05, 0) is 25.0 Å². The summed E-state index contributed by atoms with van der Waals surface area (Å²) in [5, 5.41) is 9.46. The Morgan fingerprint density at radius 1 is 1.54 bits per heavy atom. The molecule has 0 aromatic carbocycles. The molecule has 0 atom stereocenters. The zero-order chi connectivity index (χ0) is 9.84. The van der Waals surface area contributed by atoms with E-state index in [9.17, 15) is 5.11 Å². The van der Waals surface area contributed by atoms with Gasteiger partial charge in [0.25, 0.3) is 0 Å². The summed E-state index contributed by atoms with van der Waals surface area (Å²) in [5.41, 5.74) is 1.04. The van der Waals surface area contributed by atoms with Crippen LogP contribution in [0.3, 0.4) is 0 Å². The van der Waals surface area contributed by atoms with Crippen molar-refractivity contribution in [3.63, 3.8) is 0 Å². The van der Waals surface area contributed by atoms with E-state index in [-0.39, 0.29) is 5.75 Å². The molecule has 0 amide bonds. The average Bonchev–Trinajstić information content (AvgIpc) is 2.09. The zero-order valence-electron chi connectivity index (χ0n) is 8.08. The molecule has 1 heterocycles. The Labute approximate surface area is 83.8 Å². The molecule has 1 aromatic rings. The number of nitrogens with zero attached hydrogens (tertiary/aromatic N) is 1. The first kappa shape index (κ1) is 10.3. The normalized spacial score (nSPS) is 10.3. The van der Waals surface area contributed by atoms with E-state index in [1.54, 1.807) is 6.07 Å². The third kappa shape index (κ3) is 2.56. The summed E-state index contributed by atoms with van der Waals surface area (Å²) in [7, 11) is 0. The molecule has 2 nitrogen and oxygen atoms in total. The maximum absolute atomic E-state index is 9.46. The summed E-state index contributed by atoms with van der Waals surface area (Å²) in [6.07, 6.45) is 4.21. The van der Waals surface area contributed by atoms with Crippen molar-refractivity contribution in [2.24, 2.45) is 0 Å². The number of pyridine rings is 1. The van der Waals surface area contributed by atoms with Crippen molar-refractivity contribution < 1.29 is 5.11 Å². The molecule has 0 radical (unpaired) electrons. The maximum Gasteiger partial charge on any atom is 0.150 e.